The Morgan fingerprint density at radius 2 is 1.53 bits per heavy atom. The van der Waals surface area contributed by atoms with Crippen molar-refractivity contribution in [1.29, 1.82) is 0 Å². The maximum Gasteiger partial charge on any atom is -0.0112 e. The second-order valence-corrected chi connectivity index (χ2v) is 6.76. The van der Waals surface area contributed by atoms with Crippen molar-refractivity contribution < 1.29 is 0 Å². The summed E-state index contributed by atoms with van der Waals surface area (Å²) in [5, 5.41) is 4.70. The average molecular weight is 274 g/mol. The van der Waals surface area contributed by atoms with Gasteiger partial charge in [0.05, 0.1) is 0 Å². The van der Waals surface area contributed by atoms with Crippen molar-refractivity contribution in [2.75, 3.05) is 0 Å². The van der Waals surface area contributed by atoms with Crippen LogP contribution in [0.1, 0.15) is 63.6 Å². The van der Waals surface area contributed by atoms with Crippen LogP contribution in [0.15, 0.2) is 30.1 Å². The van der Waals surface area contributed by atoms with Crippen molar-refractivity contribution in [3.05, 3.63) is 35.4 Å². The molecule has 0 amide bonds. The minimum atomic E-state index is 0.941. The first-order chi connectivity index (χ1) is 9.42. The standard InChI is InChI=1S/C18H27P/c1-2-3-4-5-6-7-8-9-14-18-17-13-11-10-12-16(17)15-19-18/h10-13,15,19H,2-9,14H2,1H3. The molecule has 0 nitrogen and oxygen atoms in total. The van der Waals surface area contributed by atoms with Crippen LogP contribution in [0, 0.1) is 0 Å². The van der Waals surface area contributed by atoms with Crippen LogP contribution >= 0.6 is 8.19 Å². The number of hydrogen-bond donors (Lipinski definition) is 0. The number of aryl methyl sites for hydroxylation is 1. The van der Waals surface area contributed by atoms with E-state index in [-0.39, 0.29) is 0 Å². The third kappa shape index (κ3) is 4.69. The van der Waals surface area contributed by atoms with Crippen LogP contribution in [0.4, 0.5) is 0 Å². The third-order valence-corrected chi connectivity index (χ3v) is 5.29. The summed E-state index contributed by atoms with van der Waals surface area (Å²) < 4.78 is 0. The first-order valence-electron chi connectivity index (χ1n) is 7.97. The fraction of sp³-hybridized carbons (Fsp3) is 0.556. The highest BCUT2D eigenvalue weighted by Crippen LogP contribution is 2.30. The molecule has 0 saturated heterocycles. The number of benzene rings is 1. The summed E-state index contributed by atoms with van der Waals surface area (Å²) >= 11 is 0. The lowest BCUT2D eigenvalue weighted by atomic mass is 10.1. The minimum Gasteiger partial charge on any atom is -0.135 e. The molecule has 1 heteroatoms. The summed E-state index contributed by atoms with van der Waals surface area (Å²) in [4.78, 5) is 0. The molecule has 0 aliphatic carbocycles. The molecule has 2 rings (SSSR count). The second kappa shape index (κ2) is 8.43. The van der Waals surface area contributed by atoms with Crippen LogP contribution in [0.2, 0.25) is 0 Å². The molecule has 0 saturated carbocycles. The maximum atomic E-state index is 2.41. The zero-order chi connectivity index (χ0) is 13.3. The van der Waals surface area contributed by atoms with Crippen LogP contribution in [0.3, 0.4) is 0 Å². The Hall–Kier alpha value is -0.740. The number of unbranched alkanes of at least 4 members (excludes halogenated alkanes) is 7. The molecule has 2 aromatic rings. The number of rotatable bonds is 9. The Morgan fingerprint density at radius 1 is 0.842 bits per heavy atom. The SMILES string of the molecule is CCCCCCCCCCc1[pH]cc2ccccc12. The van der Waals surface area contributed by atoms with E-state index in [1.807, 2.05) is 0 Å². The van der Waals surface area contributed by atoms with Crippen molar-refractivity contribution in [1.82, 2.24) is 0 Å². The summed E-state index contributed by atoms with van der Waals surface area (Å²) in [7, 11) is 0.941. The first kappa shape index (κ1) is 14.7. The zero-order valence-corrected chi connectivity index (χ0v) is 13.3. The molecular weight excluding hydrogens is 247 g/mol. The van der Waals surface area contributed by atoms with Crippen LogP contribution in [-0.2, 0) is 6.42 Å². The van der Waals surface area contributed by atoms with Gasteiger partial charge in [-0.1, -0.05) is 76.1 Å². The molecule has 0 aliphatic rings. The van der Waals surface area contributed by atoms with E-state index in [4.69, 9.17) is 0 Å². The van der Waals surface area contributed by atoms with E-state index in [1.165, 1.54) is 68.6 Å². The van der Waals surface area contributed by atoms with E-state index in [9.17, 15) is 0 Å². The lowest BCUT2D eigenvalue weighted by molar-refractivity contribution is 0.577. The predicted molar refractivity (Wildman–Crippen MR) is 89.8 cm³/mol. The molecule has 1 unspecified atom stereocenters. The van der Waals surface area contributed by atoms with Gasteiger partial charge in [0, 0.05) is 0 Å². The van der Waals surface area contributed by atoms with E-state index in [0.717, 1.165) is 8.19 Å². The lowest BCUT2D eigenvalue weighted by Crippen LogP contribution is -1.84. The Morgan fingerprint density at radius 3 is 2.32 bits per heavy atom. The van der Waals surface area contributed by atoms with E-state index in [1.54, 1.807) is 5.30 Å². The highest BCUT2D eigenvalue weighted by atomic mass is 31.0. The first-order valence-corrected chi connectivity index (χ1v) is 9.04. The lowest BCUT2D eigenvalue weighted by Gasteiger charge is -2.02. The number of fused-ring (bicyclic) bond motifs is 1. The molecule has 0 bridgehead atoms. The van der Waals surface area contributed by atoms with Crippen molar-refractivity contribution in [2.24, 2.45) is 0 Å². The van der Waals surface area contributed by atoms with Gasteiger partial charge < -0.3 is 0 Å². The molecule has 104 valence electrons. The summed E-state index contributed by atoms with van der Waals surface area (Å²) in [5.74, 6) is 2.41. The van der Waals surface area contributed by atoms with Gasteiger partial charge in [-0.05, 0) is 34.7 Å². The molecule has 1 aromatic carbocycles. The van der Waals surface area contributed by atoms with Gasteiger partial charge in [0.25, 0.3) is 0 Å². The summed E-state index contributed by atoms with van der Waals surface area (Å²) in [5.41, 5.74) is 0. The van der Waals surface area contributed by atoms with E-state index in [2.05, 4.69) is 37.0 Å². The van der Waals surface area contributed by atoms with Gasteiger partial charge in [-0.25, -0.2) is 0 Å². The number of hydrogen-bond acceptors (Lipinski definition) is 0. The molecule has 19 heavy (non-hydrogen) atoms. The van der Waals surface area contributed by atoms with Gasteiger partial charge in [-0.3, -0.25) is 0 Å². The topological polar surface area (TPSA) is 0 Å². The minimum absolute atomic E-state index is 0.941. The van der Waals surface area contributed by atoms with Gasteiger partial charge >= 0.3 is 0 Å². The van der Waals surface area contributed by atoms with Crippen molar-refractivity contribution in [3.8, 4) is 0 Å². The smallest absolute Gasteiger partial charge is 0.0112 e. The van der Waals surface area contributed by atoms with Crippen LogP contribution in [0.25, 0.3) is 10.8 Å². The Kier molecular flexibility index (Phi) is 6.51. The highest BCUT2D eigenvalue weighted by Gasteiger charge is 2.01. The van der Waals surface area contributed by atoms with Gasteiger partial charge in [-0.2, -0.15) is 0 Å². The van der Waals surface area contributed by atoms with Gasteiger partial charge in [0.2, 0.25) is 0 Å². The molecule has 0 aliphatic heterocycles. The monoisotopic (exact) mass is 274 g/mol. The summed E-state index contributed by atoms with van der Waals surface area (Å²) in [6, 6.07) is 8.88. The van der Waals surface area contributed by atoms with Gasteiger partial charge in [-0.15, -0.1) is 8.19 Å². The van der Waals surface area contributed by atoms with Crippen molar-refractivity contribution in [2.45, 2.75) is 64.7 Å². The fourth-order valence-corrected chi connectivity index (χ4v) is 4.07. The van der Waals surface area contributed by atoms with Gasteiger partial charge in [0.1, 0.15) is 0 Å². The fourth-order valence-electron chi connectivity index (χ4n) is 2.78. The normalized spacial score (nSPS) is 11.6. The van der Waals surface area contributed by atoms with Gasteiger partial charge in [0.15, 0.2) is 0 Å². The molecule has 0 radical (unpaired) electrons. The van der Waals surface area contributed by atoms with E-state index in [0.29, 0.717) is 0 Å². The van der Waals surface area contributed by atoms with Crippen LogP contribution < -0.4 is 0 Å². The predicted octanol–water partition coefficient (Wildman–Crippen LogP) is 6.55. The molecule has 0 spiro atoms. The molecule has 1 atom stereocenters. The Bertz CT molecular complexity index is 469. The van der Waals surface area contributed by atoms with E-state index >= 15 is 0 Å². The molecular formula is C18H27P. The maximum absolute atomic E-state index is 2.41. The van der Waals surface area contributed by atoms with Crippen molar-refractivity contribution in [3.63, 3.8) is 0 Å². The molecule has 1 aromatic heterocycles. The summed E-state index contributed by atoms with van der Waals surface area (Å²) in [6.45, 7) is 2.29. The third-order valence-electron chi connectivity index (χ3n) is 3.97. The Balaban J connectivity index is 1.63. The molecule has 0 N–H and O–H groups in total. The van der Waals surface area contributed by atoms with Crippen LogP contribution in [-0.4, -0.2) is 0 Å². The largest absolute Gasteiger partial charge is 0.135 e. The Labute approximate surface area is 119 Å². The highest BCUT2D eigenvalue weighted by molar-refractivity contribution is 7.31. The van der Waals surface area contributed by atoms with Crippen LogP contribution in [0.5, 0.6) is 0 Å². The quantitative estimate of drug-likeness (QED) is 0.454. The van der Waals surface area contributed by atoms with Crippen molar-refractivity contribution >= 4 is 19.0 Å². The zero-order valence-electron chi connectivity index (χ0n) is 12.3. The average Bonchev–Trinajstić information content (AvgIpc) is 2.85. The van der Waals surface area contributed by atoms with E-state index < -0.39 is 0 Å². The molecule has 0 fully saturated rings. The second-order valence-electron chi connectivity index (χ2n) is 5.58. The summed E-state index contributed by atoms with van der Waals surface area (Å²) in [6.07, 6.45) is 12.7. The molecule has 1 heterocycles.